The standard InChI is InChI=1S/C48H28S2/c1-2-10-30(11-3-1)45-34-13-4-6-15-36(34)46(37-16-7-5-14-35(37)45)31-20-18-29(19-21-31)32-22-23-41-44(28-32)49-43-27-26-40-38(47(41)43)24-25-39-33-12-8-9-17-42(33)50-48(39)40/h1-28H. The third-order valence-corrected chi connectivity index (χ3v) is 12.8. The minimum atomic E-state index is 1.24. The van der Waals surface area contributed by atoms with E-state index in [0.29, 0.717) is 0 Å². The third-order valence-electron chi connectivity index (χ3n) is 10.5. The van der Waals surface area contributed by atoms with E-state index in [1.807, 2.05) is 22.7 Å². The van der Waals surface area contributed by atoms with Crippen molar-refractivity contribution in [2.24, 2.45) is 0 Å². The quantitative estimate of drug-likeness (QED) is 0.164. The predicted octanol–water partition coefficient (Wildman–Crippen LogP) is 14.9. The van der Waals surface area contributed by atoms with Crippen LogP contribution >= 0.6 is 22.7 Å². The summed E-state index contributed by atoms with van der Waals surface area (Å²) in [5.74, 6) is 0. The lowest BCUT2D eigenvalue weighted by molar-refractivity contribution is 1.63. The summed E-state index contributed by atoms with van der Waals surface area (Å²) in [4.78, 5) is 0. The van der Waals surface area contributed by atoms with Crippen LogP contribution in [0.15, 0.2) is 170 Å². The van der Waals surface area contributed by atoms with Gasteiger partial charge in [0.2, 0.25) is 0 Å². The van der Waals surface area contributed by atoms with Crippen molar-refractivity contribution in [2.75, 3.05) is 0 Å². The topological polar surface area (TPSA) is 0 Å². The molecule has 50 heavy (non-hydrogen) atoms. The Bertz CT molecular complexity index is 3070. The lowest BCUT2D eigenvalue weighted by atomic mass is 9.86. The maximum absolute atomic E-state index is 2.39. The molecule has 0 aliphatic heterocycles. The van der Waals surface area contributed by atoms with E-state index in [9.17, 15) is 0 Å². The van der Waals surface area contributed by atoms with Crippen molar-refractivity contribution in [3.8, 4) is 33.4 Å². The summed E-state index contributed by atoms with van der Waals surface area (Å²) in [5, 5.41) is 13.3. The molecule has 0 unspecified atom stereocenters. The molecule has 0 aliphatic rings. The highest BCUT2D eigenvalue weighted by Crippen LogP contribution is 2.46. The fourth-order valence-corrected chi connectivity index (χ4v) is 10.6. The van der Waals surface area contributed by atoms with Gasteiger partial charge in [-0.3, -0.25) is 0 Å². The SMILES string of the molecule is c1ccc(-c2c3ccccc3c(-c3ccc(-c4ccc5c(c4)sc4ccc6c(ccc7c8ccccc8sc76)c45)cc3)c3ccccc23)cc1. The molecule has 0 amide bonds. The maximum atomic E-state index is 2.39. The first-order valence-corrected chi connectivity index (χ1v) is 18.7. The van der Waals surface area contributed by atoms with Gasteiger partial charge in [-0.15, -0.1) is 22.7 Å². The van der Waals surface area contributed by atoms with Crippen molar-refractivity contribution in [3.05, 3.63) is 170 Å². The monoisotopic (exact) mass is 668 g/mol. The van der Waals surface area contributed by atoms with Gasteiger partial charge in [-0.25, -0.2) is 0 Å². The van der Waals surface area contributed by atoms with Crippen molar-refractivity contribution < 1.29 is 0 Å². The van der Waals surface area contributed by atoms with Gasteiger partial charge in [-0.05, 0) is 78.5 Å². The first-order chi connectivity index (χ1) is 24.8. The molecule has 0 N–H and O–H groups in total. The molecule has 0 radical (unpaired) electrons. The van der Waals surface area contributed by atoms with Crippen LogP contribution in [-0.2, 0) is 0 Å². The number of fused-ring (bicyclic) bond motifs is 11. The first kappa shape index (κ1) is 28.1. The fourth-order valence-electron chi connectivity index (χ4n) is 8.23. The second kappa shape index (κ2) is 10.9. The molecule has 0 bridgehead atoms. The molecule has 2 aromatic heterocycles. The molecular formula is C48H28S2. The molecule has 0 nitrogen and oxygen atoms in total. The molecule has 0 saturated heterocycles. The van der Waals surface area contributed by atoms with Crippen LogP contribution in [0, 0.1) is 0 Å². The van der Waals surface area contributed by atoms with Crippen molar-refractivity contribution in [2.45, 2.75) is 0 Å². The van der Waals surface area contributed by atoms with E-state index in [1.165, 1.54) is 106 Å². The molecule has 0 fully saturated rings. The summed E-state index contributed by atoms with van der Waals surface area (Å²) in [6.07, 6.45) is 0. The van der Waals surface area contributed by atoms with E-state index in [2.05, 4.69) is 170 Å². The summed E-state index contributed by atoms with van der Waals surface area (Å²) < 4.78 is 5.42. The minimum Gasteiger partial charge on any atom is -0.135 e. The summed E-state index contributed by atoms with van der Waals surface area (Å²) in [6.45, 7) is 0. The largest absolute Gasteiger partial charge is 0.135 e. The molecule has 0 atom stereocenters. The van der Waals surface area contributed by atoms with Crippen LogP contribution < -0.4 is 0 Å². The molecule has 232 valence electrons. The summed E-state index contributed by atoms with van der Waals surface area (Å²) >= 11 is 3.81. The van der Waals surface area contributed by atoms with E-state index >= 15 is 0 Å². The first-order valence-electron chi connectivity index (χ1n) is 17.1. The van der Waals surface area contributed by atoms with Gasteiger partial charge in [0.25, 0.3) is 0 Å². The molecule has 2 heterocycles. The molecule has 0 saturated carbocycles. The molecule has 0 spiro atoms. The Morgan fingerprint density at radius 2 is 0.760 bits per heavy atom. The lowest BCUT2D eigenvalue weighted by Gasteiger charge is -2.18. The highest BCUT2D eigenvalue weighted by Gasteiger charge is 2.17. The highest BCUT2D eigenvalue weighted by molar-refractivity contribution is 7.27. The average Bonchev–Trinajstić information content (AvgIpc) is 3.76. The van der Waals surface area contributed by atoms with Gasteiger partial charge in [0.1, 0.15) is 0 Å². The van der Waals surface area contributed by atoms with Crippen molar-refractivity contribution in [3.63, 3.8) is 0 Å². The maximum Gasteiger partial charge on any atom is 0.0434 e. The van der Waals surface area contributed by atoms with Gasteiger partial charge in [0.05, 0.1) is 0 Å². The minimum absolute atomic E-state index is 1.24. The Hall–Kier alpha value is -5.80. The number of benzene rings is 9. The van der Waals surface area contributed by atoms with Crippen LogP contribution in [-0.4, -0.2) is 0 Å². The molecule has 0 aliphatic carbocycles. The van der Waals surface area contributed by atoms with Gasteiger partial charge < -0.3 is 0 Å². The van der Waals surface area contributed by atoms with E-state index in [0.717, 1.165) is 0 Å². The normalized spacial score (nSPS) is 12.0. The number of rotatable bonds is 3. The van der Waals surface area contributed by atoms with Crippen LogP contribution in [0.2, 0.25) is 0 Å². The van der Waals surface area contributed by atoms with Crippen LogP contribution in [0.5, 0.6) is 0 Å². The molecule has 11 aromatic rings. The van der Waals surface area contributed by atoms with Gasteiger partial charge in [0.15, 0.2) is 0 Å². The van der Waals surface area contributed by atoms with Crippen LogP contribution in [0.1, 0.15) is 0 Å². The van der Waals surface area contributed by atoms with Crippen LogP contribution in [0.3, 0.4) is 0 Å². The van der Waals surface area contributed by atoms with Gasteiger partial charge >= 0.3 is 0 Å². The van der Waals surface area contributed by atoms with Crippen molar-refractivity contribution >= 4 is 95.3 Å². The lowest BCUT2D eigenvalue weighted by Crippen LogP contribution is -1.90. The van der Waals surface area contributed by atoms with Crippen molar-refractivity contribution in [1.82, 2.24) is 0 Å². The van der Waals surface area contributed by atoms with Crippen molar-refractivity contribution in [1.29, 1.82) is 0 Å². The highest BCUT2D eigenvalue weighted by atomic mass is 32.1. The third kappa shape index (κ3) is 4.10. The van der Waals surface area contributed by atoms with Gasteiger partial charge in [-0.2, -0.15) is 0 Å². The Balaban J connectivity index is 1.04. The summed E-state index contributed by atoms with van der Waals surface area (Å²) in [6, 6.07) is 62.9. The second-order valence-corrected chi connectivity index (χ2v) is 15.3. The Kier molecular flexibility index (Phi) is 6.09. The Morgan fingerprint density at radius 1 is 0.260 bits per heavy atom. The predicted molar refractivity (Wildman–Crippen MR) is 221 cm³/mol. The van der Waals surface area contributed by atoms with E-state index in [4.69, 9.17) is 0 Å². The Labute approximate surface area is 297 Å². The molecule has 2 heteroatoms. The molecule has 11 rings (SSSR count). The van der Waals surface area contributed by atoms with E-state index in [1.54, 1.807) is 0 Å². The van der Waals surface area contributed by atoms with Crippen LogP contribution in [0.25, 0.3) is 106 Å². The fraction of sp³-hybridized carbons (Fsp3) is 0. The van der Waals surface area contributed by atoms with Gasteiger partial charge in [-0.1, -0.05) is 152 Å². The number of thiophene rings is 2. The number of hydrogen-bond donors (Lipinski definition) is 0. The second-order valence-electron chi connectivity index (χ2n) is 13.2. The van der Waals surface area contributed by atoms with E-state index < -0.39 is 0 Å². The average molecular weight is 669 g/mol. The van der Waals surface area contributed by atoms with E-state index in [-0.39, 0.29) is 0 Å². The number of hydrogen-bond acceptors (Lipinski definition) is 2. The molecule has 9 aromatic carbocycles. The zero-order valence-corrected chi connectivity index (χ0v) is 28.6. The smallest absolute Gasteiger partial charge is 0.0434 e. The Morgan fingerprint density at radius 3 is 1.46 bits per heavy atom. The summed E-state index contributed by atoms with van der Waals surface area (Å²) in [5.41, 5.74) is 7.57. The van der Waals surface area contributed by atoms with Gasteiger partial charge in [0, 0.05) is 45.7 Å². The van der Waals surface area contributed by atoms with Crippen LogP contribution in [0.4, 0.5) is 0 Å². The zero-order chi connectivity index (χ0) is 32.8. The summed E-state index contributed by atoms with van der Waals surface area (Å²) in [7, 11) is 0. The zero-order valence-electron chi connectivity index (χ0n) is 27.0. The molecular weight excluding hydrogens is 641 g/mol.